The first-order chi connectivity index (χ1) is 8.17. The second-order valence-corrected chi connectivity index (χ2v) is 4.09. The van der Waals surface area contributed by atoms with E-state index in [0.29, 0.717) is 12.4 Å². The van der Waals surface area contributed by atoms with Gasteiger partial charge in [-0.2, -0.15) is 0 Å². The third-order valence-electron chi connectivity index (χ3n) is 2.73. The van der Waals surface area contributed by atoms with Crippen molar-refractivity contribution in [3.8, 4) is 0 Å². The lowest BCUT2D eigenvalue weighted by molar-refractivity contribution is -0.137. The number of carbonyl (C=O) groups excluding carboxylic acids is 1. The Kier molecular flexibility index (Phi) is 5.53. The van der Waals surface area contributed by atoms with Crippen LogP contribution in [0.25, 0.3) is 0 Å². The molecule has 3 nitrogen and oxygen atoms in total. The van der Waals surface area contributed by atoms with Gasteiger partial charge in [-0.15, -0.1) is 0 Å². The van der Waals surface area contributed by atoms with Gasteiger partial charge in [0.25, 0.3) is 0 Å². The van der Waals surface area contributed by atoms with Crippen molar-refractivity contribution < 1.29 is 14.6 Å². The fraction of sp³-hybridized carbons (Fsp3) is 0.500. The minimum Gasteiger partial charge on any atom is -0.508 e. The number of carbonyl (C=O) groups is 1. The number of aliphatic hydroxyl groups excluding tert-OH is 1. The van der Waals surface area contributed by atoms with Crippen molar-refractivity contribution in [3.63, 3.8) is 0 Å². The first kappa shape index (κ1) is 13.6. The number of esters is 1. The molecule has 0 radical (unpaired) electrons. The predicted octanol–water partition coefficient (Wildman–Crippen LogP) is 3.15. The van der Waals surface area contributed by atoms with E-state index in [9.17, 15) is 9.90 Å². The van der Waals surface area contributed by atoms with Crippen LogP contribution >= 0.6 is 0 Å². The third-order valence-corrected chi connectivity index (χ3v) is 2.73. The monoisotopic (exact) mass is 236 g/mol. The number of rotatable bonds is 5. The molecule has 0 saturated heterocycles. The molecule has 0 aliphatic heterocycles. The number of hydrogen-bond acceptors (Lipinski definition) is 3. The zero-order valence-electron chi connectivity index (χ0n) is 10.4. The Balaban J connectivity index is 2.63. The van der Waals surface area contributed by atoms with E-state index in [1.54, 1.807) is 13.0 Å². The Morgan fingerprint density at radius 2 is 2.29 bits per heavy atom. The Bertz CT molecular complexity index is 339. The quantitative estimate of drug-likeness (QED) is 0.589. The van der Waals surface area contributed by atoms with Crippen LogP contribution in [0, 0.1) is 11.8 Å². The van der Waals surface area contributed by atoms with E-state index in [1.165, 1.54) is 6.08 Å². The van der Waals surface area contributed by atoms with Crippen LogP contribution in [0.15, 0.2) is 36.1 Å². The Labute approximate surface area is 102 Å². The Morgan fingerprint density at radius 3 is 2.94 bits per heavy atom. The van der Waals surface area contributed by atoms with Crippen molar-refractivity contribution in [3.05, 3.63) is 36.1 Å². The van der Waals surface area contributed by atoms with Crippen LogP contribution in [0.2, 0.25) is 0 Å². The van der Waals surface area contributed by atoms with Crippen molar-refractivity contribution in [1.29, 1.82) is 0 Å². The first-order valence-electron chi connectivity index (χ1n) is 6.11. The van der Waals surface area contributed by atoms with Crippen molar-refractivity contribution >= 4 is 5.97 Å². The van der Waals surface area contributed by atoms with Crippen molar-refractivity contribution in [1.82, 2.24) is 0 Å². The van der Waals surface area contributed by atoms with Crippen LogP contribution in [-0.4, -0.2) is 17.7 Å². The fourth-order valence-electron chi connectivity index (χ4n) is 1.93. The summed E-state index contributed by atoms with van der Waals surface area (Å²) in [5.41, 5.74) is 0. The van der Waals surface area contributed by atoms with Gasteiger partial charge in [-0.25, -0.2) is 4.79 Å². The summed E-state index contributed by atoms with van der Waals surface area (Å²) in [6.45, 7) is 4.28. The van der Waals surface area contributed by atoms with Gasteiger partial charge in [0, 0.05) is 12.0 Å². The lowest BCUT2D eigenvalue weighted by atomic mass is 9.84. The molecule has 1 N–H and O–H groups in total. The molecule has 1 aliphatic rings. The zero-order chi connectivity index (χ0) is 12.7. The molecule has 0 aromatic carbocycles. The molecule has 0 fully saturated rings. The van der Waals surface area contributed by atoms with E-state index in [-0.39, 0.29) is 17.8 Å². The molecule has 0 saturated carbocycles. The molecule has 94 valence electrons. The maximum atomic E-state index is 11.2. The molecular formula is C14H20O3. The van der Waals surface area contributed by atoms with Crippen LogP contribution < -0.4 is 0 Å². The van der Waals surface area contributed by atoms with Gasteiger partial charge >= 0.3 is 5.97 Å². The highest BCUT2D eigenvalue weighted by atomic mass is 16.5. The van der Waals surface area contributed by atoms with Crippen molar-refractivity contribution in [2.75, 3.05) is 6.61 Å². The summed E-state index contributed by atoms with van der Waals surface area (Å²) in [5.74, 6) is 0.421. The van der Waals surface area contributed by atoms with Crippen molar-refractivity contribution in [2.45, 2.75) is 26.7 Å². The molecule has 0 amide bonds. The van der Waals surface area contributed by atoms with Crippen LogP contribution in [0.4, 0.5) is 0 Å². The van der Waals surface area contributed by atoms with E-state index < -0.39 is 0 Å². The molecule has 0 spiro atoms. The second kappa shape index (κ2) is 6.94. The molecule has 0 bridgehead atoms. The van der Waals surface area contributed by atoms with Crippen LogP contribution in [0.3, 0.4) is 0 Å². The lowest BCUT2D eigenvalue weighted by Gasteiger charge is -2.21. The maximum absolute atomic E-state index is 11.2. The van der Waals surface area contributed by atoms with E-state index >= 15 is 0 Å². The molecular weight excluding hydrogens is 216 g/mol. The van der Waals surface area contributed by atoms with Crippen LogP contribution in [-0.2, 0) is 9.53 Å². The normalized spacial score (nSPS) is 23.8. The van der Waals surface area contributed by atoms with Gasteiger partial charge < -0.3 is 9.84 Å². The van der Waals surface area contributed by atoms with E-state index in [0.717, 1.165) is 12.8 Å². The molecule has 0 aromatic rings. The van der Waals surface area contributed by atoms with Crippen LogP contribution in [0.1, 0.15) is 26.7 Å². The topological polar surface area (TPSA) is 46.5 Å². The summed E-state index contributed by atoms with van der Waals surface area (Å²) >= 11 is 0. The van der Waals surface area contributed by atoms with Gasteiger partial charge in [0.2, 0.25) is 0 Å². The molecule has 17 heavy (non-hydrogen) atoms. The van der Waals surface area contributed by atoms with Gasteiger partial charge in [-0.3, -0.25) is 0 Å². The van der Waals surface area contributed by atoms with Gasteiger partial charge in [-0.05, 0) is 31.4 Å². The van der Waals surface area contributed by atoms with Gasteiger partial charge in [0.15, 0.2) is 0 Å². The minimum absolute atomic E-state index is 0.162. The number of ether oxygens (including phenoxy) is 1. The van der Waals surface area contributed by atoms with E-state index in [1.807, 2.05) is 18.2 Å². The highest BCUT2D eigenvalue weighted by Gasteiger charge is 2.18. The molecule has 1 aliphatic carbocycles. The van der Waals surface area contributed by atoms with Crippen LogP contribution in [0.5, 0.6) is 0 Å². The minimum atomic E-state index is -0.310. The molecule has 0 aromatic heterocycles. The van der Waals surface area contributed by atoms with Gasteiger partial charge in [0.1, 0.15) is 5.76 Å². The molecule has 2 unspecified atom stereocenters. The summed E-state index contributed by atoms with van der Waals surface area (Å²) in [6.07, 6.45) is 10.8. The molecule has 3 heteroatoms. The fourth-order valence-corrected chi connectivity index (χ4v) is 1.93. The maximum Gasteiger partial charge on any atom is 0.330 e. The summed E-state index contributed by atoms with van der Waals surface area (Å²) in [6, 6.07) is 0. The van der Waals surface area contributed by atoms with Gasteiger partial charge in [-0.1, -0.05) is 25.5 Å². The predicted molar refractivity (Wildman–Crippen MR) is 67.5 cm³/mol. The Morgan fingerprint density at radius 1 is 1.53 bits per heavy atom. The Hall–Kier alpha value is -1.51. The first-order valence-corrected chi connectivity index (χ1v) is 6.11. The third kappa shape index (κ3) is 4.47. The van der Waals surface area contributed by atoms with Gasteiger partial charge in [0.05, 0.1) is 6.61 Å². The highest BCUT2D eigenvalue weighted by molar-refractivity contribution is 5.81. The zero-order valence-corrected chi connectivity index (χ0v) is 10.4. The van der Waals surface area contributed by atoms with E-state index in [2.05, 4.69) is 6.92 Å². The lowest BCUT2D eigenvalue weighted by Crippen LogP contribution is -2.12. The average Bonchev–Trinajstić information content (AvgIpc) is 2.29. The molecule has 2 atom stereocenters. The number of aliphatic hydroxyl groups is 1. The smallest absolute Gasteiger partial charge is 0.330 e. The molecule has 0 heterocycles. The largest absolute Gasteiger partial charge is 0.508 e. The standard InChI is InChI=1S/C14H20O3/c1-3-5-12-10-13(15)8-6-11(12)7-9-14(16)17-4-2/h6-12,15H,3-5H2,1-2H3/b9-7+. The van der Waals surface area contributed by atoms with E-state index in [4.69, 9.17) is 4.74 Å². The summed E-state index contributed by atoms with van der Waals surface area (Å²) in [5, 5.41) is 9.44. The summed E-state index contributed by atoms with van der Waals surface area (Å²) in [7, 11) is 0. The SMILES string of the molecule is CCCC1C=C(O)C=CC1/C=C/C(=O)OCC. The summed E-state index contributed by atoms with van der Waals surface area (Å²) < 4.78 is 4.83. The average molecular weight is 236 g/mol. The summed E-state index contributed by atoms with van der Waals surface area (Å²) in [4.78, 5) is 11.2. The van der Waals surface area contributed by atoms with Crippen molar-refractivity contribution in [2.24, 2.45) is 11.8 Å². The molecule has 1 rings (SSSR count). The second-order valence-electron chi connectivity index (χ2n) is 4.09. The highest BCUT2D eigenvalue weighted by Crippen LogP contribution is 2.27. The number of allylic oxidation sites excluding steroid dienone is 4. The number of hydrogen-bond donors (Lipinski definition) is 1.